The lowest BCUT2D eigenvalue weighted by atomic mass is 9.47. The van der Waals surface area contributed by atoms with Crippen LogP contribution >= 0.6 is 39.1 Å². The molecule has 1 heterocycles. The van der Waals surface area contributed by atoms with Crippen LogP contribution in [0.2, 0.25) is 10.0 Å². The average molecular weight is 594 g/mol. The van der Waals surface area contributed by atoms with Crippen molar-refractivity contribution >= 4 is 66.8 Å². The smallest absolute Gasteiger partial charge is 0.304 e. The molecule has 1 saturated heterocycles. The highest BCUT2D eigenvalue weighted by Crippen LogP contribution is 2.59. The van der Waals surface area contributed by atoms with Crippen LogP contribution in [-0.2, 0) is 19.8 Å². The Kier molecular flexibility index (Phi) is 6.37. The lowest BCUT2D eigenvalue weighted by Gasteiger charge is -2.58. The highest BCUT2D eigenvalue weighted by Gasteiger charge is 2.58. The molecule has 2 atom stereocenters. The number of carbonyl (C=O) groups is 2. The molecule has 5 fully saturated rings. The summed E-state index contributed by atoms with van der Waals surface area (Å²) in [5.41, 5.74) is 5.64. The van der Waals surface area contributed by atoms with Crippen molar-refractivity contribution in [1.82, 2.24) is 9.62 Å². The van der Waals surface area contributed by atoms with Gasteiger partial charge < -0.3 is 11.1 Å². The van der Waals surface area contributed by atoms with E-state index in [9.17, 15) is 18.0 Å². The summed E-state index contributed by atoms with van der Waals surface area (Å²) in [7, 11) is -3.97. The summed E-state index contributed by atoms with van der Waals surface area (Å²) in [5.74, 6) is 0.360. The largest absolute Gasteiger partial charge is 0.369 e. The summed E-state index contributed by atoms with van der Waals surface area (Å²) in [6.45, 7) is 0.241. The Labute approximate surface area is 217 Å². The first-order valence-corrected chi connectivity index (χ1v) is 14.5. The minimum atomic E-state index is -3.97. The molecule has 2 amide bonds. The van der Waals surface area contributed by atoms with Crippen LogP contribution < -0.4 is 15.4 Å². The second-order valence-corrected chi connectivity index (χ2v) is 13.7. The third-order valence-corrected chi connectivity index (χ3v) is 11.0. The van der Waals surface area contributed by atoms with E-state index in [4.69, 9.17) is 28.9 Å². The van der Waals surface area contributed by atoms with E-state index < -0.39 is 15.6 Å². The monoisotopic (exact) mass is 592 g/mol. The molecule has 4 saturated carbocycles. The van der Waals surface area contributed by atoms with Gasteiger partial charge in [-0.15, -0.1) is 0 Å². The predicted octanol–water partition coefficient (Wildman–Crippen LogP) is 3.31. The van der Waals surface area contributed by atoms with Crippen molar-refractivity contribution < 1.29 is 18.0 Å². The van der Waals surface area contributed by atoms with Gasteiger partial charge >= 0.3 is 10.2 Å². The lowest BCUT2D eigenvalue weighted by molar-refractivity contribution is -0.147. The van der Waals surface area contributed by atoms with Crippen molar-refractivity contribution in [3.8, 4) is 0 Å². The average Bonchev–Trinajstić information content (AvgIpc) is 2.72. The van der Waals surface area contributed by atoms with Gasteiger partial charge in [-0.3, -0.25) is 13.9 Å². The standard InChI is InChI=1S/C22H27BrCl2N4O4S/c23-16-6-15(24)7-17(25)20(16)29-3-1-2-28(34(29,32)33)11-18(30)27-19-13-4-12-5-14(19)10-22(8-12,9-13)21(26)31/h6-7,12-14,19H,1-5,8-11H2,(H2,26,31)(H,27,30). The van der Waals surface area contributed by atoms with E-state index in [1.165, 1.54) is 14.7 Å². The zero-order valence-corrected chi connectivity index (χ0v) is 22.4. The zero-order chi connectivity index (χ0) is 24.4. The predicted molar refractivity (Wildman–Crippen MR) is 134 cm³/mol. The van der Waals surface area contributed by atoms with Crippen molar-refractivity contribution in [3.63, 3.8) is 0 Å². The van der Waals surface area contributed by atoms with E-state index in [-0.39, 0.29) is 54.3 Å². The SMILES string of the molecule is NC(=O)C12CC3CC(C1)C(NC(=O)CN1CCCN(c4c(Cl)cc(Cl)cc4Br)S1(=O)=O)C(C3)C2. The zero-order valence-electron chi connectivity index (χ0n) is 18.5. The maximum atomic E-state index is 13.4. The number of amides is 2. The Morgan fingerprint density at radius 3 is 2.44 bits per heavy atom. The summed E-state index contributed by atoms with van der Waals surface area (Å²) in [4.78, 5) is 25.2. The van der Waals surface area contributed by atoms with E-state index >= 15 is 0 Å². The first-order chi connectivity index (χ1) is 16.0. The van der Waals surface area contributed by atoms with E-state index in [2.05, 4.69) is 21.2 Å². The molecule has 4 bridgehead atoms. The number of hydrogen-bond donors (Lipinski definition) is 2. The molecule has 0 aromatic heterocycles. The van der Waals surface area contributed by atoms with Crippen LogP contribution in [0.15, 0.2) is 16.6 Å². The van der Waals surface area contributed by atoms with Crippen molar-refractivity contribution in [2.45, 2.75) is 44.6 Å². The van der Waals surface area contributed by atoms with Gasteiger partial charge in [0, 0.05) is 34.0 Å². The number of primary amides is 1. The van der Waals surface area contributed by atoms with Gasteiger partial charge in [0.2, 0.25) is 11.8 Å². The van der Waals surface area contributed by atoms with Crippen molar-refractivity contribution in [3.05, 3.63) is 26.7 Å². The highest BCUT2D eigenvalue weighted by molar-refractivity contribution is 9.10. The Morgan fingerprint density at radius 1 is 1.15 bits per heavy atom. The number of carbonyl (C=O) groups excluding carboxylic acids is 2. The van der Waals surface area contributed by atoms with Crippen LogP contribution in [-0.4, -0.2) is 50.2 Å². The lowest BCUT2D eigenvalue weighted by Crippen LogP contribution is -2.63. The molecule has 4 aliphatic carbocycles. The minimum absolute atomic E-state index is 0.0417. The van der Waals surface area contributed by atoms with Gasteiger partial charge in [0.25, 0.3) is 0 Å². The van der Waals surface area contributed by atoms with Gasteiger partial charge in [0.15, 0.2) is 0 Å². The Morgan fingerprint density at radius 2 is 1.82 bits per heavy atom. The van der Waals surface area contributed by atoms with Crippen LogP contribution in [0.3, 0.4) is 0 Å². The first-order valence-electron chi connectivity index (χ1n) is 11.5. The molecule has 2 unspecified atom stereocenters. The van der Waals surface area contributed by atoms with Gasteiger partial charge in [-0.2, -0.15) is 12.7 Å². The summed E-state index contributed by atoms with van der Waals surface area (Å²) in [6.07, 6.45) is 4.79. The number of rotatable bonds is 5. The molecular formula is C22H27BrCl2N4O4S. The Balaban J connectivity index is 1.30. The topological polar surface area (TPSA) is 113 Å². The van der Waals surface area contributed by atoms with Crippen molar-refractivity contribution in [2.75, 3.05) is 23.9 Å². The minimum Gasteiger partial charge on any atom is -0.369 e. The van der Waals surface area contributed by atoms with Crippen LogP contribution in [0, 0.1) is 23.2 Å². The molecule has 1 aromatic rings. The summed E-state index contributed by atoms with van der Waals surface area (Å²) >= 11 is 15.7. The highest BCUT2D eigenvalue weighted by atomic mass is 79.9. The third-order valence-electron chi connectivity index (χ3n) is 8.05. The first kappa shape index (κ1) is 24.6. The normalized spacial score (nSPS) is 34.3. The Bertz CT molecular complexity index is 1110. The van der Waals surface area contributed by atoms with Gasteiger partial charge in [-0.05, 0) is 84.3 Å². The molecule has 34 heavy (non-hydrogen) atoms. The second-order valence-electron chi connectivity index (χ2n) is 10.2. The molecule has 12 heteroatoms. The summed E-state index contributed by atoms with van der Waals surface area (Å²) in [6, 6.07) is 3.05. The maximum Gasteiger partial charge on any atom is 0.304 e. The number of anilines is 1. The third kappa shape index (κ3) is 4.13. The maximum absolute atomic E-state index is 13.4. The second kappa shape index (κ2) is 8.80. The van der Waals surface area contributed by atoms with Gasteiger partial charge in [0.05, 0.1) is 17.3 Å². The fourth-order valence-electron chi connectivity index (χ4n) is 6.87. The molecule has 6 rings (SSSR count). The number of nitrogens with zero attached hydrogens (tertiary/aromatic N) is 2. The molecule has 1 aromatic carbocycles. The van der Waals surface area contributed by atoms with Crippen LogP contribution in [0.1, 0.15) is 38.5 Å². The van der Waals surface area contributed by atoms with Crippen LogP contribution in [0.25, 0.3) is 0 Å². The number of nitrogens with two attached hydrogens (primary N) is 1. The molecule has 1 aliphatic heterocycles. The number of halogens is 3. The molecule has 8 nitrogen and oxygen atoms in total. The van der Waals surface area contributed by atoms with Gasteiger partial charge in [0.1, 0.15) is 0 Å². The molecule has 0 radical (unpaired) electrons. The molecule has 0 spiro atoms. The van der Waals surface area contributed by atoms with E-state index in [1.807, 2.05) is 0 Å². The van der Waals surface area contributed by atoms with Gasteiger partial charge in [-0.1, -0.05) is 23.2 Å². The summed E-state index contributed by atoms with van der Waals surface area (Å²) < 4.78 is 29.7. The van der Waals surface area contributed by atoms with E-state index in [1.54, 1.807) is 6.07 Å². The van der Waals surface area contributed by atoms with Crippen molar-refractivity contribution in [2.24, 2.45) is 28.9 Å². The van der Waals surface area contributed by atoms with Gasteiger partial charge in [-0.25, -0.2) is 0 Å². The van der Waals surface area contributed by atoms with E-state index in [0.29, 0.717) is 40.4 Å². The molecule has 3 N–H and O–H groups in total. The van der Waals surface area contributed by atoms with Crippen LogP contribution in [0.4, 0.5) is 5.69 Å². The fraction of sp³-hybridized carbons (Fsp3) is 0.636. The number of hydrogen-bond acceptors (Lipinski definition) is 4. The quantitative estimate of drug-likeness (QED) is 0.545. The molecule has 186 valence electrons. The molecule has 5 aliphatic rings. The fourth-order valence-corrected chi connectivity index (χ4v) is 10.3. The van der Waals surface area contributed by atoms with Crippen LogP contribution in [0.5, 0.6) is 0 Å². The molecular weight excluding hydrogens is 567 g/mol. The summed E-state index contributed by atoms with van der Waals surface area (Å²) in [5, 5.41) is 3.72. The van der Waals surface area contributed by atoms with Crippen molar-refractivity contribution in [1.29, 1.82) is 0 Å². The number of nitrogens with one attached hydrogen (secondary N) is 1. The van der Waals surface area contributed by atoms with E-state index in [0.717, 1.165) is 19.3 Å². The number of benzene rings is 1. The Hall–Kier alpha value is -1.07.